The lowest BCUT2D eigenvalue weighted by atomic mass is 9.88. The Hall–Kier alpha value is -3.62. The Morgan fingerprint density at radius 2 is 1.33 bits per heavy atom. The van der Waals surface area contributed by atoms with Gasteiger partial charge in [0.05, 0.1) is 13.2 Å². The van der Waals surface area contributed by atoms with Crippen LogP contribution < -0.4 is 22.5 Å². The molecule has 0 unspecified atom stereocenters. The molecule has 0 saturated carbocycles. The predicted molar refractivity (Wildman–Crippen MR) is 176 cm³/mol. The van der Waals surface area contributed by atoms with Crippen LogP contribution in [0.1, 0.15) is 55.4 Å². The molecule has 49 heavy (non-hydrogen) atoms. The van der Waals surface area contributed by atoms with Gasteiger partial charge in [-0.2, -0.15) is 0 Å². The first-order valence-electron chi connectivity index (χ1n) is 15.4. The molecule has 8 atom stereocenters. The fourth-order valence-corrected chi connectivity index (χ4v) is 12.2. The first kappa shape index (κ1) is 38.2. The number of nitrogens with zero attached hydrogens (tertiary/aromatic N) is 2. The van der Waals surface area contributed by atoms with E-state index in [0.717, 1.165) is 27.5 Å². The van der Waals surface area contributed by atoms with E-state index in [2.05, 4.69) is 58.4 Å². The number of fused-ring (bicyclic) bond motifs is 1. The van der Waals surface area contributed by atoms with Crippen LogP contribution in [0.4, 0.5) is 0 Å². The average Bonchev–Trinajstić information content (AvgIpc) is 3.34. The fraction of sp³-hybridized carbons (Fsp3) is 0.625. The Morgan fingerprint density at radius 3 is 1.69 bits per heavy atom. The summed E-state index contributed by atoms with van der Waals surface area (Å²) >= 11 is 0. The monoisotopic (exact) mass is 704 g/mol. The number of nitrogens with one attached hydrogen (secondary N) is 2. The average molecular weight is 705 g/mol. The number of ether oxygens (including phenoxy) is 2. The quantitative estimate of drug-likeness (QED) is 0.163. The zero-order valence-corrected chi connectivity index (χ0v) is 29.6. The van der Waals surface area contributed by atoms with Gasteiger partial charge in [0, 0.05) is 34.6 Å². The van der Waals surface area contributed by atoms with Crippen LogP contribution >= 0.6 is 0 Å². The number of H-pyrrole nitrogens is 2. The zero-order chi connectivity index (χ0) is 37.2. The van der Waals surface area contributed by atoms with Gasteiger partial charge in [0.15, 0.2) is 5.60 Å². The topological polar surface area (TPSA) is 228 Å². The number of aromatic amines is 2. The summed E-state index contributed by atoms with van der Waals surface area (Å²) in [6, 6.07) is 2.18. The van der Waals surface area contributed by atoms with E-state index in [0.29, 0.717) is 0 Å². The van der Waals surface area contributed by atoms with Gasteiger partial charge in [-0.25, -0.2) is 9.59 Å². The van der Waals surface area contributed by atoms with E-state index in [4.69, 9.17) is 36.3 Å². The second-order valence-corrected chi connectivity index (χ2v) is 19.5. The Labute approximate surface area is 282 Å². The molecule has 0 aromatic carbocycles. The Balaban J connectivity index is 0.000000237. The maximum absolute atomic E-state index is 12.5. The molecular weight excluding hydrogens is 660 g/mol. The van der Waals surface area contributed by atoms with Gasteiger partial charge in [0.25, 0.3) is 11.1 Å². The number of aliphatic hydroxyl groups excluding tert-OH is 2. The fourth-order valence-electron chi connectivity index (χ4n) is 7.12. The highest BCUT2D eigenvalue weighted by Gasteiger charge is 2.72. The summed E-state index contributed by atoms with van der Waals surface area (Å²) in [7, 11) is -2.91. The molecule has 3 saturated heterocycles. The second kappa shape index (κ2) is 12.3. The van der Waals surface area contributed by atoms with Crippen LogP contribution in [0.2, 0.25) is 10.1 Å². The van der Waals surface area contributed by atoms with Crippen molar-refractivity contribution in [2.45, 2.75) is 113 Å². The molecule has 0 radical (unpaired) electrons. The molecule has 16 nitrogen and oxygen atoms in total. The Bertz CT molecular complexity index is 1890. The van der Waals surface area contributed by atoms with Crippen molar-refractivity contribution in [3.05, 3.63) is 66.2 Å². The third kappa shape index (κ3) is 5.59. The van der Waals surface area contributed by atoms with E-state index in [9.17, 15) is 34.5 Å². The molecule has 17 heteroatoms. The zero-order valence-electron chi connectivity index (χ0n) is 28.6. The van der Waals surface area contributed by atoms with Crippen molar-refractivity contribution in [3.8, 4) is 24.7 Å². The van der Waals surface area contributed by atoms with Crippen molar-refractivity contribution in [2.24, 2.45) is 0 Å². The normalized spacial score (nSPS) is 35.4. The van der Waals surface area contributed by atoms with Gasteiger partial charge in [-0.15, -0.1) is 12.8 Å². The van der Waals surface area contributed by atoms with Crippen LogP contribution in [0.5, 0.6) is 0 Å². The van der Waals surface area contributed by atoms with Crippen molar-refractivity contribution in [2.75, 3.05) is 13.2 Å². The first-order chi connectivity index (χ1) is 22.4. The summed E-state index contributed by atoms with van der Waals surface area (Å²) in [6.45, 7) is 14.7. The van der Waals surface area contributed by atoms with Crippen molar-refractivity contribution in [1.82, 2.24) is 19.1 Å². The van der Waals surface area contributed by atoms with Crippen LogP contribution in [0, 0.1) is 24.7 Å². The van der Waals surface area contributed by atoms with Gasteiger partial charge in [-0.1, -0.05) is 41.5 Å². The molecule has 5 heterocycles. The SMILES string of the molecule is C#C[C@@]1(n2ccc(=O)[nH]c2=O)O[C@@H]2CO[Si](C(C)(C)C)(C(C)(C)C)O[C@H]2[C@@]1(C)O.C#C[C@@]1(n2ccc(=O)[nH]c2=O)O[C@H](CO)[C@@H](O)[C@@]1(C)O. The molecule has 0 amide bonds. The number of aromatic nitrogens is 4. The summed E-state index contributed by atoms with van der Waals surface area (Å²) in [4.78, 5) is 51.1. The Morgan fingerprint density at radius 1 is 0.878 bits per heavy atom. The van der Waals surface area contributed by atoms with E-state index in [1.165, 1.54) is 20.0 Å². The smallest absolute Gasteiger partial charge is 0.349 e. The largest absolute Gasteiger partial charge is 0.394 e. The van der Waals surface area contributed by atoms with Gasteiger partial charge in [0.2, 0.25) is 11.4 Å². The maximum Gasteiger partial charge on any atom is 0.349 e. The van der Waals surface area contributed by atoms with E-state index in [1.807, 2.05) is 4.98 Å². The highest BCUT2D eigenvalue weighted by atomic mass is 28.4. The molecule has 0 aliphatic carbocycles. The summed E-state index contributed by atoms with van der Waals surface area (Å²) in [5.74, 6) is 4.59. The lowest BCUT2D eigenvalue weighted by Gasteiger charge is -2.54. The number of hydrogen-bond acceptors (Lipinski definition) is 12. The number of terminal acetylenes is 2. The second-order valence-electron chi connectivity index (χ2n) is 14.7. The minimum Gasteiger partial charge on any atom is -0.394 e. The maximum atomic E-state index is 12.5. The molecule has 0 spiro atoms. The third-order valence-electron chi connectivity index (χ3n) is 9.45. The first-order valence-corrected chi connectivity index (χ1v) is 17.3. The number of rotatable bonds is 3. The molecular formula is C32H44N4O12Si. The van der Waals surface area contributed by atoms with Crippen LogP contribution in [0.15, 0.2) is 43.7 Å². The molecule has 0 bridgehead atoms. The third-order valence-corrected chi connectivity index (χ3v) is 14.6. The highest BCUT2D eigenvalue weighted by Crippen LogP contribution is 2.58. The molecule has 3 aliphatic heterocycles. The Kier molecular flexibility index (Phi) is 9.59. The van der Waals surface area contributed by atoms with E-state index >= 15 is 0 Å². The molecule has 3 fully saturated rings. The molecule has 268 valence electrons. The van der Waals surface area contributed by atoms with Crippen molar-refractivity contribution in [3.63, 3.8) is 0 Å². The van der Waals surface area contributed by atoms with Crippen molar-refractivity contribution >= 4 is 8.56 Å². The molecule has 2 aromatic rings. The van der Waals surface area contributed by atoms with E-state index < -0.39 is 84.7 Å². The molecule has 6 N–H and O–H groups in total. The number of aliphatic hydroxyl groups is 4. The highest BCUT2D eigenvalue weighted by molar-refractivity contribution is 6.73. The van der Waals surface area contributed by atoms with E-state index in [-0.39, 0.29) is 16.7 Å². The van der Waals surface area contributed by atoms with E-state index in [1.54, 1.807) is 0 Å². The van der Waals surface area contributed by atoms with Gasteiger partial charge >= 0.3 is 19.9 Å². The predicted octanol–water partition coefficient (Wildman–Crippen LogP) is -1.24. The van der Waals surface area contributed by atoms with Crippen LogP contribution in [0.25, 0.3) is 0 Å². The van der Waals surface area contributed by atoms with Crippen LogP contribution in [-0.4, -0.2) is 96.9 Å². The van der Waals surface area contributed by atoms with Crippen molar-refractivity contribution < 1.29 is 38.8 Å². The summed E-state index contributed by atoms with van der Waals surface area (Å²) in [5, 5.41) is 40.6. The summed E-state index contributed by atoms with van der Waals surface area (Å²) in [6.07, 6.45) is 9.31. The van der Waals surface area contributed by atoms with Gasteiger partial charge in [-0.3, -0.25) is 28.7 Å². The molecule has 5 rings (SSSR count). The van der Waals surface area contributed by atoms with Crippen LogP contribution in [0.3, 0.4) is 0 Å². The lowest BCUT2D eigenvalue weighted by molar-refractivity contribution is -0.150. The van der Waals surface area contributed by atoms with Crippen molar-refractivity contribution in [1.29, 1.82) is 0 Å². The van der Waals surface area contributed by atoms with Gasteiger partial charge in [-0.05, 0) is 25.7 Å². The molecule has 2 aromatic heterocycles. The standard InChI is InChI=1S/C20H30N2O6Si.C12H14N2O6/c1-9-20(22-11-10-14(23)21-16(22)24)19(8,25)15-13(27-20)12-26-29(28-15,17(2,3)4)18(5,6)7;1-3-12(14-5-4-8(16)13-10(14)18)11(2,19)9(17)7(6-15)20-12/h1,10-11,13,15,25H,12H2,2-8H3,(H,21,23,24);1,4-5,7,9,15,17,19H,6H2,2H3,(H,13,16,18)/t13-,15-,19-,20-;7-,9-,11-,12-/m11/s1. The lowest BCUT2D eigenvalue weighted by Crippen LogP contribution is -2.68. The van der Waals surface area contributed by atoms with Crippen LogP contribution in [-0.2, 0) is 29.8 Å². The van der Waals surface area contributed by atoms with Gasteiger partial charge < -0.3 is 38.8 Å². The molecule has 3 aliphatic rings. The summed E-state index contributed by atoms with van der Waals surface area (Å²) in [5.41, 5.74) is -10.6. The minimum atomic E-state index is -2.91. The number of hydrogen-bond donors (Lipinski definition) is 6. The van der Waals surface area contributed by atoms with Gasteiger partial charge in [0.1, 0.15) is 30.0 Å². The minimum absolute atomic E-state index is 0.184. The summed E-state index contributed by atoms with van der Waals surface area (Å²) < 4.78 is 26.3.